The maximum atomic E-state index is 12.4. The fourth-order valence-corrected chi connectivity index (χ4v) is 2.82. The molecule has 2 aromatic rings. The Morgan fingerprint density at radius 1 is 1.19 bits per heavy atom. The molecule has 5 heteroatoms. The minimum absolute atomic E-state index is 0.0275. The van der Waals surface area contributed by atoms with E-state index in [2.05, 4.69) is 48.4 Å². The summed E-state index contributed by atoms with van der Waals surface area (Å²) in [4.78, 5) is 16.8. The first kappa shape index (κ1) is 20.1. The van der Waals surface area contributed by atoms with Gasteiger partial charge in [0.2, 0.25) is 11.8 Å². The highest BCUT2D eigenvalue weighted by molar-refractivity contribution is 5.76. The van der Waals surface area contributed by atoms with E-state index in [1.165, 1.54) is 0 Å². The highest BCUT2D eigenvalue weighted by Gasteiger charge is 2.22. The second-order valence-electron chi connectivity index (χ2n) is 8.35. The maximum Gasteiger partial charge on any atom is 0.226 e. The second-order valence-corrected chi connectivity index (χ2v) is 8.35. The summed E-state index contributed by atoms with van der Waals surface area (Å²) in [5.41, 5.74) is 1.28. The number of carbonyl (C=O) groups is 1. The lowest BCUT2D eigenvalue weighted by atomic mass is 9.85. The monoisotopic (exact) mass is 357 g/mol. The van der Waals surface area contributed by atoms with Crippen molar-refractivity contribution in [3.63, 3.8) is 0 Å². The molecule has 0 fully saturated rings. The first-order chi connectivity index (χ1) is 12.2. The first-order valence-electron chi connectivity index (χ1n) is 9.41. The zero-order valence-corrected chi connectivity index (χ0v) is 16.6. The summed E-state index contributed by atoms with van der Waals surface area (Å²) in [5.74, 6) is 1.64. The maximum absolute atomic E-state index is 12.4. The molecule has 0 bridgehead atoms. The number of aryl methyl sites for hydroxylation is 1. The van der Waals surface area contributed by atoms with Crippen molar-refractivity contribution in [1.29, 1.82) is 0 Å². The molecule has 1 N–H and O–H groups in total. The van der Waals surface area contributed by atoms with Crippen molar-refractivity contribution in [3.05, 3.63) is 47.6 Å². The van der Waals surface area contributed by atoms with Gasteiger partial charge in [-0.3, -0.25) is 4.79 Å². The molecule has 0 aliphatic carbocycles. The van der Waals surface area contributed by atoms with Gasteiger partial charge in [0.05, 0.1) is 6.04 Å². The van der Waals surface area contributed by atoms with E-state index < -0.39 is 0 Å². The van der Waals surface area contributed by atoms with Gasteiger partial charge in [0.1, 0.15) is 0 Å². The van der Waals surface area contributed by atoms with E-state index in [9.17, 15) is 4.79 Å². The van der Waals surface area contributed by atoms with E-state index in [1.54, 1.807) is 0 Å². The van der Waals surface area contributed by atoms with Crippen molar-refractivity contribution < 1.29 is 9.32 Å². The van der Waals surface area contributed by atoms with Crippen LogP contribution in [0.3, 0.4) is 0 Å². The molecule has 26 heavy (non-hydrogen) atoms. The molecule has 0 saturated heterocycles. The van der Waals surface area contributed by atoms with Gasteiger partial charge in [-0.15, -0.1) is 0 Å². The van der Waals surface area contributed by atoms with Gasteiger partial charge in [0.25, 0.3) is 0 Å². The predicted molar refractivity (Wildman–Crippen MR) is 103 cm³/mol. The molecule has 5 nitrogen and oxygen atoms in total. The Bertz CT molecular complexity index is 687. The fourth-order valence-electron chi connectivity index (χ4n) is 2.82. The number of amides is 1. The number of hydrogen-bond acceptors (Lipinski definition) is 4. The van der Waals surface area contributed by atoms with Crippen LogP contribution in [0.4, 0.5) is 0 Å². The number of rotatable bonds is 8. The number of aromatic nitrogens is 2. The zero-order valence-electron chi connectivity index (χ0n) is 16.6. The van der Waals surface area contributed by atoms with Crippen LogP contribution in [0.15, 0.2) is 34.9 Å². The van der Waals surface area contributed by atoms with Gasteiger partial charge in [-0.25, -0.2) is 0 Å². The van der Waals surface area contributed by atoms with Gasteiger partial charge in [-0.1, -0.05) is 70.1 Å². The molecule has 2 rings (SSSR count). The Morgan fingerprint density at radius 3 is 2.46 bits per heavy atom. The molecule has 0 aliphatic heterocycles. The highest BCUT2D eigenvalue weighted by Crippen LogP contribution is 2.29. The van der Waals surface area contributed by atoms with Crippen molar-refractivity contribution in [2.24, 2.45) is 5.41 Å². The van der Waals surface area contributed by atoms with Crippen LogP contribution < -0.4 is 5.32 Å². The molecular formula is C21H31N3O2. The normalized spacial score (nSPS) is 13.0. The Balaban J connectivity index is 1.88. The highest BCUT2D eigenvalue weighted by atomic mass is 16.5. The standard InChI is InChI=1S/C21H31N3O2/c1-15(2)20-23-19(26-24-20)13-9-12-18(25)22-17(14-21(3,4)5)16-10-7-6-8-11-16/h6-8,10-11,15,17H,9,12-14H2,1-5H3,(H,22,25)/t17-/m1/s1. The van der Waals surface area contributed by atoms with Gasteiger partial charge in [0.15, 0.2) is 5.82 Å². The average Bonchev–Trinajstić information content (AvgIpc) is 3.03. The fraction of sp³-hybridized carbons (Fsp3) is 0.571. The number of hydrogen-bond donors (Lipinski definition) is 1. The van der Waals surface area contributed by atoms with Gasteiger partial charge in [-0.2, -0.15) is 4.98 Å². The third-order valence-electron chi connectivity index (χ3n) is 4.15. The first-order valence-corrected chi connectivity index (χ1v) is 9.41. The molecule has 0 radical (unpaired) electrons. The predicted octanol–water partition coefficient (Wildman–Crippen LogP) is 4.81. The van der Waals surface area contributed by atoms with Crippen molar-refractivity contribution in [2.45, 2.75) is 72.3 Å². The lowest BCUT2D eigenvalue weighted by Gasteiger charge is -2.27. The van der Waals surface area contributed by atoms with Gasteiger partial charge in [-0.05, 0) is 23.8 Å². The molecule has 1 aromatic heterocycles. The van der Waals surface area contributed by atoms with Crippen LogP contribution in [0.5, 0.6) is 0 Å². The van der Waals surface area contributed by atoms with E-state index in [0.29, 0.717) is 25.2 Å². The molecule has 1 amide bonds. The van der Waals surface area contributed by atoms with Crippen LogP contribution in [0.25, 0.3) is 0 Å². The van der Waals surface area contributed by atoms with Crippen LogP contribution in [0, 0.1) is 5.41 Å². The summed E-state index contributed by atoms with van der Waals surface area (Å²) < 4.78 is 5.23. The van der Waals surface area contributed by atoms with E-state index >= 15 is 0 Å². The zero-order chi connectivity index (χ0) is 19.2. The summed E-state index contributed by atoms with van der Waals surface area (Å²) in [7, 11) is 0. The minimum Gasteiger partial charge on any atom is -0.349 e. The smallest absolute Gasteiger partial charge is 0.226 e. The minimum atomic E-state index is 0.0275. The molecule has 142 valence electrons. The van der Waals surface area contributed by atoms with Crippen LogP contribution in [0.1, 0.15) is 83.1 Å². The summed E-state index contributed by atoms with van der Waals surface area (Å²) >= 11 is 0. The third-order valence-corrected chi connectivity index (χ3v) is 4.15. The lowest BCUT2D eigenvalue weighted by molar-refractivity contribution is -0.122. The SMILES string of the molecule is CC(C)c1noc(CCCC(=O)N[C@H](CC(C)(C)C)c2ccccc2)n1. The summed E-state index contributed by atoms with van der Waals surface area (Å²) in [6.07, 6.45) is 2.67. The summed E-state index contributed by atoms with van der Waals surface area (Å²) in [6.45, 7) is 10.6. The molecule has 0 unspecified atom stereocenters. The molecule has 1 atom stereocenters. The number of nitrogens with one attached hydrogen (secondary N) is 1. The summed E-state index contributed by atoms with van der Waals surface area (Å²) in [6, 6.07) is 10.2. The van der Waals surface area contributed by atoms with Gasteiger partial charge in [0, 0.05) is 18.8 Å². The largest absolute Gasteiger partial charge is 0.349 e. The summed E-state index contributed by atoms with van der Waals surface area (Å²) in [5, 5.41) is 7.15. The Morgan fingerprint density at radius 2 is 1.88 bits per heavy atom. The lowest BCUT2D eigenvalue weighted by Crippen LogP contribution is -2.31. The number of carbonyl (C=O) groups excluding carboxylic acids is 1. The van der Waals surface area contributed by atoms with E-state index in [1.807, 2.05) is 32.0 Å². The van der Waals surface area contributed by atoms with Crippen LogP contribution >= 0.6 is 0 Å². The number of nitrogens with zero attached hydrogens (tertiary/aromatic N) is 2. The Labute approximate surface area is 156 Å². The average molecular weight is 357 g/mol. The molecular weight excluding hydrogens is 326 g/mol. The quantitative estimate of drug-likeness (QED) is 0.736. The van der Waals surface area contributed by atoms with E-state index in [-0.39, 0.29) is 23.3 Å². The molecule has 0 spiro atoms. The number of benzene rings is 1. The van der Waals surface area contributed by atoms with Crippen molar-refractivity contribution in [2.75, 3.05) is 0 Å². The molecule has 0 saturated carbocycles. The van der Waals surface area contributed by atoms with Crippen LogP contribution in [-0.2, 0) is 11.2 Å². The van der Waals surface area contributed by atoms with E-state index in [4.69, 9.17) is 4.52 Å². The van der Waals surface area contributed by atoms with Gasteiger partial charge >= 0.3 is 0 Å². The van der Waals surface area contributed by atoms with Crippen LogP contribution in [-0.4, -0.2) is 16.0 Å². The van der Waals surface area contributed by atoms with Crippen LogP contribution in [0.2, 0.25) is 0 Å². The Hall–Kier alpha value is -2.17. The van der Waals surface area contributed by atoms with Gasteiger partial charge < -0.3 is 9.84 Å². The van der Waals surface area contributed by atoms with E-state index in [0.717, 1.165) is 17.8 Å². The van der Waals surface area contributed by atoms with Crippen molar-refractivity contribution in [3.8, 4) is 0 Å². The van der Waals surface area contributed by atoms with Crippen molar-refractivity contribution in [1.82, 2.24) is 15.5 Å². The molecule has 1 aromatic carbocycles. The third kappa shape index (κ3) is 6.62. The van der Waals surface area contributed by atoms with Crippen molar-refractivity contribution >= 4 is 5.91 Å². The Kier molecular flexibility index (Phi) is 6.95. The topological polar surface area (TPSA) is 68.0 Å². The second kappa shape index (κ2) is 8.97. The molecule has 1 heterocycles. The molecule has 0 aliphatic rings.